The smallest absolute Gasteiger partial charge is 0.162 e. The van der Waals surface area contributed by atoms with Crippen LogP contribution >= 0.6 is 0 Å². The summed E-state index contributed by atoms with van der Waals surface area (Å²) in [5, 5.41) is 0. The molecule has 0 radical (unpaired) electrons. The monoisotopic (exact) mass is 254 g/mol. The first-order chi connectivity index (χ1) is 9.19. The minimum atomic E-state index is 0.157. The van der Waals surface area contributed by atoms with Crippen molar-refractivity contribution in [1.82, 2.24) is 0 Å². The van der Waals surface area contributed by atoms with Crippen LogP contribution in [0.15, 0.2) is 48.5 Å². The van der Waals surface area contributed by atoms with Gasteiger partial charge in [-0.15, -0.1) is 0 Å². The highest BCUT2D eigenvalue weighted by Gasteiger charge is 2.02. The van der Waals surface area contributed by atoms with Crippen LogP contribution in [0.5, 0.6) is 5.75 Å². The second-order valence-corrected chi connectivity index (χ2v) is 4.58. The van der Waals surface area contributed by atoms with Crippen molar-refractivity contribution < 1.29 is 9.53 Å². The van der Waals surface area contributed by atoms with Gasteiger partial charge in [-0.2, -0.15) is 0 Å². The summed E-state index contributed by atoms with van der Waals surface area (Å²) in [6.07, 6.45) is 0.531. The number of carbonyl (C=O) groups excluding carboxylic acids is 1. The highest BCUT2D eigenvalue weighted by molar-refractivity contribution is 5.95. The second kappa shape index (κ2) is 6.19. The van der Waals surface area contributed by atoms with E-state index in [4.69, 9.17) is 4.74 Å². The quantitative estimate of drug-likeness (QED) is 0.749. The Morgan fingerprint density at radius 2 is 1.63 bits per heavy atom. The average molecular weight is 254 g/mol. The maximum atomic E-state index is 11.5. The fourth-order valence-electron chi connectivity index (χ4n) is 1.79. The Balaban J connectivity index is 1.96. The van der Waals surface area contributed by atoms with Crippen LogP contribution in [0.2, 0.25) is 0 Å². The van der Waals surface area contributed by atoms with E-state index in [1.165, 1.54) is 5.56 Å². The van der Waals surface area contributed by atoms with Crippen LogP contribution < -0.4 is 4.74 Å². The van der Waals surface area contributed by atoms with Crippen LogP contribution in [0.4, 0.5) is 0 Å². The summed E-state index contributed by atoms with van der Waals surface area (Å²) < 4.78 is 5.69. The maximum Gasteiger partial charge on any atom is 0.162 e. The van der Waals surface area contributed by atoms with Crippen molar-refractivity contribution in [3.8, 4) is 5.75 Å². The molecule has 19 heavy (non-hydrogen) atoms. The van der Waals surface area contributed by atoms with Gasteiger partial charge in [-0.05, 0) is 36.8 Å². The third-order valence-electron chi connectivity index (χ3n) is 3.02. The Morgan fingerprint density at radius 3 is 2.21 bits per heavy atom. The molecule has 0 spiro atoms. The molecular formula is C17H18O2. The molecule has 0 heterocycles. The molecule has 2 aromatic rings. The van der Waals surface area contributed by atoms with Gasteiger partial charge in [-0.3, -0.25) is 4.79 Å². The number of benzene rings is 2. The molecule has 0 fully saturated rings. The van der Waals surface area contributed by atoms with Crippen molar-refractivity contribution in [2.75, 3.05) is 0 Å². The van der Waals surface area contributed by atoms with Gasteiger partial charge in [0.2, 0.25) is 0 Å². The van der Waals surface area contributed by atoms with Gasteiger partial charge >= 0.3 is 0 Å². The zero-order chi connectivity index (χ0) is 13.7. The Morgan fingerprint density at radius 1 is 1.00 bits per heavy atom. The normalized spacial score (nSPS) is 10.2. The SMILES string of the molecule is CCC(=O)c1ccc(OCc2ccc(C)cc2)cc1. The van der Waals surface area contributed by atoms with Gasteiger partial charge in [0.05, 0.1) is 0 Å². The minimum absolute atomic E-state index is 0.157. The molecule has 0 aliphatic rings. The van der Waals surface area contributed by atoms with E-state index in [-0.39, 0.29) is 5.78 Å². The zero-order valence-corrected chi connectivity index (χ0v) is 11.3. The van der Waals surface area contributed by atoms with Crippen molar-refractivity contribution in [1.29, 1.82) is 0 Å². The molecule has 0 aliphatic carbocycles. The molecule has 0 bridgehead atoms. The third kappa shape index (κ3) is 3.68. The summed E-state index contributed by atoms with van der Waals surface area (Å²) in [5.74, 6) is 0.943. The van der Waals surface area contributed by atoms with E-state index in [2.05, 4.69) is 31.2 Å². The van der Waals surface area contributed by atoms with Crippen LogP contribution in [0, 0.1) is 6.92 Å². The van der Waals surface area contributed by atoms with Gasteiger partial charge in [-0.25, -0.2) is 0 Å². The van der Waals surface area contributed by atoms with Gasteiger partial charge in [0, 0.05) is 12.0 Å². The molecule has 0 aliphatic heterocycles. The number of carbonyl (C=O) groups is 1. The molecule has 0 amide bonds. The lowest BCUT2D eigenvalue weighted by molar-refractivity contribution is 0.0988. The second-order valence-electron chi connectivity index (χ2n) is 4.58. The Labute approximate surface area is 114 Å². The number of ether oxygens (including phenoxy) is 1. The molecule has 0 N–H and O–H groups in total. The molecule has 0 unspecified atom stereocenters. The van der Waals surface area contributed by atoms with E-state index in [9.17, 15) is 4.79 Å². The molecule has 2 rings (SSSR count). The van der Waals surface area contributed by atoms with E-state index < -0.39 is 0 Å². The summed E-state index contributed by atoms with van der Waals surface area (Å²) in [7, 11) is 0. The first kappa shape index (κ1) is 13.3. The lowest BCUT2D eigenvalue weighted by atomic mass is 10.1. The number of Topliss-reactive ketones (excluding diaryl/α,β-unsaturated/α-hetero) is 1. The Bertz CT molecular complexity index is 538. The van der Waals surface area contributed by atoms with Gasteiger partial charge in [-0.1, -0.05) is 36.8 Å². The van der Waals surface area contributed by atoms with Crippen LogP contribution in [0.3, 0.4) is 0 Å². The van der Waals surface area contributed by atoms with Crippen LogP contribution in [-0.2, 0) is 6.61 Å². The molecule has 0 atom stereocenters. The fourth-order valence-corrected chi connectivity index (χ4v) is 1.79. The van der Waals surface area contributed by atoms with Crippen LogP contribution in [0.1, 0.15) is 34.8 Å². The van der Waals surface area contributed by atoms with Gasteiger partial charge < -0.3 is 4.74 Å². The topological polar surface area (TPSA) is 26.3 Å². The van der Waals surface area contributed by atoms with E-state index in [1.807, 2.05) is 31.2 Å². The first-order valence-corrected chi connectivity index (χ1v) is 6.50. The predicted octanol–water partition coefficient (Wildman–Crippen LogP) is 4.17. The lowest BCUT2D eigenvalue weighted by Gasteiger charge is -2.07. The molecular weight excluding hydrogens is 236 g/mol. The van der Waals surface area contributed by atoms with Crippen molar-refractivity contribution >= 4 is 5.78 Å². The van der Waals surface area contributed by atoms with Crippen molar-refractivity contribution in [3.05, 3.63) is 65.2 Å². The van der Waals surface area contributed by atoms with E-state index >= 15 is 0 Å². The molecule has 98 valence electrons. The number of ketones is 1. The molecule has 0 saturated carbocycles. The molecule has 0 saturated heterocycles. The highest BCUT2D eigenvalue weighted by atomic mass is 16.5. The first-order valence-electron chi connectivity index (χ1n) is 6.50. The number of hydrogen-bond donors (Lipinski definition) is 0. The summed E-state index contributed by atoms with van der Waals surface area (Å²) in [6.45, 7) is 4.47. The zero-order valence-electron chi connectivity index (χ0n) is 11.3. The third-order valence-corrected chi connectivity index (χ3v) is 3.02. The fraction of sp³-hybridized carbons (Fsp3) is 0.235. The van der Waals surface area contributed by atoms with Crippen LogP contribution in [-0.4, -0.2) is 5.78 Å². The summed E-state index contributed by atoms with van der Waals surface area (Å²) in [5.41, 5.74) is 3.12. The molecule has 2 nitrogen and oxygen atoms in total. The van der Waals surface area contributed by atoms with E-state index in [0.29, 0.717) is 13.0 Å². The highest BCUT2D eigenvalue weighted by Crippen LogP contribution is 2.15. The summed E-state index contributed by atoms with van der Waals surface area (Å²) in [6, 6.07) is 15.6. The van der Waals surface area contributed by atoms with Crippen LogP contribution in [0.25, 0.3) is 0 Å². The Kier molecular flexibility index (Phi) is 4.35. The minimum Gasteiger partial charge on any atom is -0.489 e. The maximum absolute atomic E-state index is 11.5. The largest absolute Gasteiger partial charge is 0.489 e. The van der Waals surface area contributed by atoms with Gasteiger partial charge in [0.25, 0.3) is 0 Å². The number of rotatable bonds is 5. The predicted molar refractivity (Wildman–Crippen MR) is 76.6 cm³/mol. The average Bonchev–Trinajstić information content (AvgIpc) is 2.46. The molecule has 2 heteroatoms. The summed E-state index contributed by atoms with van der Waals surface area (Å²) in [4.78, 5) is 11.5. The summed E-state index contributed by atoms with van der Waals surface area (Å²) >= 11 is 0. The lowest BCUT2D eigenvalue weighted by Crippen LogP contribution is -1.98. The molecule has 0 aromatic heterocycles. The molecule has 2 aromatic carbocycles. The van der Waals surface area contributed by atoms with Crippen molar-refractivity contribution in [2.24, 2.45) is 0 Å². The standard InChI is InChI=1S/C17H18O2/c1-3-17(18)15-8-10-16(11-9-15)19-12-14-6-4-13(2)5-7-14/h4-11H,3,12H2,1-2H3. The van der Waals surface area contributed by atoms with E-state index in [1.54, 1.807) is 0 Å². The van der Waals surface area contributed by atoms with E-state index in [0.717, 1.165) is 16.9 Å². The van der Waals surface area contributed by atoms with Crippen molar-refractivity contribution in [2.45, 2.75) is 26.9 Å². The van der Waals surface area contributed by atoms with Gasteiger partial charge in [0.1, 0.15) is 12.4 Å². The Hall–Kier alpha value is -2.09. The number of aryl methyl sites for hydroxylation is 1. The van der Waals surface area contributed by atoms with Crippen molar-refractivity contribution in [3.63, 3.8) is 0 Å². The van der Waals surface area contributed by atoms with Gasteiger partial charge in [0.15, 0.2) is 5.78 Å². The number of hydrogen-bond acceptors (Lipinski definition) is 2.